The van der Waals surface area contributed by atoms with E-state index >= 15 is 0 Å². The second-order valence-corrected chi connectivity index (χ2v) is 8.95. The predicted octanol–water partition coefficient (Wildman–Crippen LogP) is 6.83. The summed E-state index contributed by atoms with van der Waals surface area (Å²) in [5, 5.41) is 9.47. The Morgan fingerprint density at radius 1 is 1.09 bits per heavy atom. The van der Waals surface area contributed by atoms with Gasteiger partial charge in [0.15, 0.2) is 0 Å². The molecule has 0 bridgehead atoms. The quantitative estimate of drug-likeness (QED) is 0.285. The Morgan fingerprint density at radius 3 is 2.50 bits per heavy atom. The average molecular weight is 532 g/mol. The molecule has 1 amide bonds. The lowest BCUT2D eigenvalue weighted by Gasteiger charge is -2.09. The molecular weight excluding hydrogens is 516 g/mol. The molecule has 2 aromatic heterocycles. The summed E-state index contributed by atoms with van der Waals surface area (Å²) < 4.78 is 11.2. The molecule has 0 saturated heterocycles. The summed E-state index contributed by atoms with van der Waals surface area (Å²) in [6.07, 6.45) is 0. The highest BCUT2D eigenvalue weighted by molar-refractivity contribution is 9.10. The number of rotatable bonds is 5. The number of carbonyl (C=O) groups is 2. The molecule has 0 aliphatic rings. The van der Waals surface area contributed by atoms with E-state index in [-0.39, 0.29) is 11.1 Å². The molecule has 0 fully saturated rings. The molecule has 2 aromatic carbocycles. The molecule has 0 unspecified atom stereocenters. The van der Waals surface area contributed by atoms with E-state index in [9.17, 15) is 9.59 Å². The van der Waals surface area contributed by atoms with E-state index in [1.54, 1.807) is 36.6 Å². The number of halogens is 2. The standard InChI is InChI=1S/C23H16BrClN2O4S/c1-12-18(20(27-31-12)15-5-3-4-6-17(15)25)21(28)26-22-19(23(29)30-2)16(11-32-22)13-7-9-14(24)10-8-13/h3-11H,1-2H3,(H,26,28). The number of hydrogen-bond acceptors (Lipinski definition) is 6. The van der Waals surface area contributed by atoms with Crippen LogP contribution >= 0.6 is 38.9 Å². The zero-order chi connectivity index (χ0) is 22.8. The first-order valence-corrected chi connectivity index (χ1v) is 11.4. The summed E-state index contributed by atoms with van der Waals surface area (Å²) in [6.45, 7) is 1.64. The summed E-state index contributed by atoms with van der Waals surface area (Å²) in [6, 6.07) is 14.6. The summed E-state index contributed by atoms with van der Waals surface area (Å²) in [5.41, 5.74) is 2.91. The van der Waals surface area contributed by atoms with Gasteiger partial charge in [-0.05, 0) is 30.7 Å². The Hall–Kier alpha value is -2.94. The van der Waals surface area contributed by atoms with Crippen molar-refractivity contribution in [1.29, 1.82) is 0 Å². The number of amides is 1. The second-order valence-electron chi connectivity index (χ2n) is 6.75. The highest BCUT2D eigenvalue weighted by Crippen LogP contribution is 2.38. The van der Waals surface area contributed by atoms with Crippen molar-refractivity contribution in [2.24, 2.45) is 0 Å². The molecule has 0 spiro atoms. The zero-order valence-electron chi connectivity index (χ0n) is 16.9. The van der Waals surface area contributed by atoms with Crippen LogP contribution in [0.25, 0.3) is 22.4 Å². The van der Waals surface area contributed by atoms with E-state index in [2.05, 4.69) is 26.4 Å². The number of nitrogens with zero attached hydrogens (tertiary/aromatic N) is 1. The molecule has 2 heterocycles. The van der Waals surface area contributed by atoms with Crippen LogP contribution in [0.3, 0.4) is 0 Å². The van der Waals surface area contributed by atoms with Gasteiger partial charge >= 0.3 is 5.97 Å². The van der Waals surface area contributed by atoms with E-state index in [1.807, 2.05) is 24.3 Å². The predicted molar refractivity (Wildman–Crippen MR) is 128 cm³/mol. The number of anilines is 1. The molecule has 6 nitrogen and oxygen atoms in total. The summed E-state index contributed by atoms with van der Waals surface area (Å²) in [4.78, 5) is 25.8. The van der Waals surface area contributed by atoms with Gasteiger partial charge in [-0.3, -0.25) is 4.79 Å². The Balaban J connectivity index is 1.74. The van der Waals surface area contributed by atoms with E-state index < -0.39 is 11.9 Å². The fourth-order valence-corrected chi connectivity index (χ4v) is 4.68. The third kappa shape index (κ3) is 4.21. The maximum Gasteiger partial charge on any atom is 0.341 e. The third-order valence-electron chi connectivity index (χ3n) is 4.78. The monoisotopic (exact) mass is 530 g/mol. The summed E-state index contributed by atoms with van der Waals surface area (Å²) in [5.74, 6) is -0.678. The molecule has 4 aromatic rings. The Bertz CT molecular complexity index is 1310. The number of hydrogen-bond donors (Lipinski definition) is 1. The number of carbonyl (C=O) groups excluding carboxylic acids is 2. The van der Waals surface area contributed by atoms with Gasteiger partial charge in [-0.2, -0.15) is 0 Å². The number of benzene rings is 2. The van der Waals surface area contributed by atoms with Crippen LogP contribution in [0.15, 0.2) is 62.9 Å². The number of ether oxygens (including phenoxy) is 1. The van der Waals surface area contributed by atoms with E-state index in [4.69, 9.17) is 20.9 Å². The first-order chi connectivity index (χ1) is 15.4. The van der Waals surface area contributed by atoms with Crippen LogP contribution in [0, 0.1) is 6.92 Å². The molecule has 0 aliphatic heterocycles. The van der Waals surface area contributed by atoms with Crippen LogP contribution < -0.4 is 5.32 Å². The Labute approximate surface area is 201 Å². The van der Waals surface area contributed by atoms with Crippen molar-refractivity contribution in [3.8, 4) is 22.4 Å². The van der Waals surface area contributed by atoms with E-state index in [0.717, 1.165) is 10.0 Å². The number of methoxy groups -OCH3 is 1. The average Bonchev–Trinajstić information content (AvgIpc) is 3.37. The van der Waals surface area contributed by atoms with Gasteiger partial charge in [-0.25, -0.2) is 4.79 Å². The smallest absolute Gasteiger partial charge is 0.341 e. The molecule has 162 valence electrons. The molecule has 4 rings (SSSR count). The fraction of sp³-hybridized carbons (Fsp3) is 0.0870. The minimum atomic E-state index is -0.548. The number of aryl methyl sites for hydroxylation is 1. The maximum atomic E-state index is 13.2. The molecule has 9 heteroatoms. The fourth-order valence-electron chi connectivity index (χ4n) is 3.24. The van der Waals surface area contributed by atoms with E-state index in [1.165, 1.54) is 18.4 Å². The number of thiophene rings is 1. The molecule has 0 atom stereocenters. The van der Waals surface area contributed by atoms with Gasteiger partial charge < -0.3 is 14.6 Å². The molecular formula is C23H16BrClN2O4S. The number of nitrogens with one attached hydrogen (secondary N) is 1. The zero-order valence-corrected chi connectivity index (χ0v) is 20.1. The first-order valence-electron chi connectivity index (χ1n) is 9.39. The first kappa shape index (κ1) is 22.3. The van der Waals surface area contributed by atoms with Crippen LogP contribution in [-0.4, -0.2) is 24.1 Å². The van der Waals surface area contributed by atoms with Crippen LogP contribution in [0.4, 0.5) is 5.00 Å². The second kappa shape index (κ2) is 9.28. The van der Waals surface area contributed by atoms with Crippen LogP contribution in [0.2, 0.25) is 5.02 Å². The van der Waals surface area contributed by atoms with Crippen molar-refractivity contribution in [2.45, 2.75) is 6.92 Å². The lowest BCUT2D eigenvalue weighted by molar-refractivity contribution is 0.0603. The molecule has 0 aliphatic carbocycles. The maximum absolute atomic E-state index is 13.2. The summed E-state index contributed by atoms with van der Waals surface area (Å²) >= 11 is 10.9. The SMILES string of the molecule is COC(=O)c1c(-c2ccc(Br)cc2)csc1NC(=O)c1c(-c2ccccc2Cl)noc1C. The van der Waals surface area contributed by atoms with Gasteiger partial charge in [0.2, 0.25) is 0 Å². The van der Waals surface area contributed by atoms with Crippen LogP contribution in [-0.2, 0) is 4.74 Å². The van der Waals surface area contributed by atoms with Gasteiger partial charge in [0, 0.05) is 21.0 Å². The summed E-state index contributed by atoms with van der Waals surface area (Å²) in [7, 11) is 1.30. The van der Waals surface area contributed by atoms with Gasteiger partial charge in [0.05, 0.1) is 12.1 Å². The minimum absolute atomic E-state index is 0.243. The topological polar surface area (TPSA) is 81.4 Å². The molecule has 32 heavy (non-hydrogen) atoms. The van der Waals surface area contributed by atoms with Crippen LogP contribution in [0.1, 0.15) is 26.5 Å². The minimum Gasteiger partial charge on any atom is -0.465 e. The molecule has 1 N–H and O–H groups in total. The van der Waals surface area contributed by atoms with E-state index in [0.29, 0.717) is 32.6 Å². The lowest BCUT2D eigenvalue weighted by Crippen LogP contribution is -2.15. The largest absolute Gasteiger partial charge is 0.465 e. The van der Waals surface area contributed by atoms with Crippen molar-refractivity contribution in [2.75, 3.05) is 12.4 Å². The normalized spacial score (nSPS) is 10.8. The van der Waals surface area contributed by atoms with Gasteiger partial charge in [0.25, 0.3) is 5.91 Å². The lowest BCUT2D eigenvalue weighted by atomic mass is 10.0. The third-order valence-corrected chi connectivity index (χ3v) is 6.54. The van der Waals surface area contributed by atoms with Crippen molar-refractivity contribution in [3.05, 3.63) is 80.3 Å². The number of esters is 1. The molecule has 0 radical (unpaired) electrons. The highest BCUT2D eigenvalue weighted by atomic mass is 79.9. The van der Waals surface area contributed by atoms with Gasteiger partial charge in [-0.1, -0.05) is 63.0 Å². The highest BCUT2D eigenvalue weighted by Gasteiger charge is 2.27. The van der Waals surface area contributed by atoms with Crippen molar-refractivity contribution in [3.63, 3.8) is 0 Å². The van der Waals surface area contributed by atoms with Crippen LogP contribution in [0.5, 0.6) is 0 Å². The molecule has 0 saturated carbocycles. The number of aromatic nitrogens is 1. The van der Waals surface area contributed by atoms with Gasteiger partial charge in [-0.15, -0.1) is 11.3 Å². The van der Waals surface area contributed by atoms with Gasteiger partial charge in [0.1, 0.15) is 27.6 Å². The van der Waals surface area contributed by atoms with Crippen molar-refractivity contribution >= 4 is 55.7 Å². The van der Waals surface area contributed by atoms with Crippen molar-refractivity contribution in [1.82, 2.24) is 5.16 Å². The Kier molecular flexibility index (Phi) is 6.45. The van der Waals surface area contributed by atoms with Crippen molar-refractivity contribution < 1.29 is 18.8 Å². The Morgan fingerprint density at radius 2 is 1.81 bits per heavy atom.